The minimum Gasteiger partial charge on any atom is -0.481 e. The molecule has 0 aromatic rings. The molecule has 0 aliphatic carbocycles. The van der Waals surface area contributed by atoms with Gasteiger partial charge in [0.15, 0.2) is 0 Å². The van der Waals surface area contributed by atoms with Crippen molar-refractivity contribution >= 4 is 12.0 Å². The van der Waals surface area contributed by atoms with Crippen LogP contribution in [0.3, 0.4) is 0 Å². The minimum atomic E-state index is -0.842. The maximum absolute atomic E-state index is 12.0. The number of carbonyl (C=O) groups excluding carboxylic acids is 1. The number of carbonyl (C=O) groups is 2. The molecule has 0 bridgehead atoms. The number of nitrogens with one attached hydrogen (secondary N) is 1. The Morgan fingerprint density at radius 1 is 1.28 bits per heavy atom. The minimum absolute atomic E-state index is 0.0575. The first-order valence-electron chi connectivity index (χ1n) is 6.50. The van der Waals surface area contributed by atoms with Crippen molar-refractivity contribution in [3.05, 3.63) is 0 Å². The fourth-order valence-corrected chi connectivity index (χ4v) is 1.86. The van der Waals surface area contributed by atoms with Gasteiger partial charge < -0.3 is 15.3 Å². The molecule has 0 radical (unpaired) electrons. The third-order valence-corrected chi connectivity index (χ3v) is 3.22. The third kappa shape index (κ3) is 5.89. The lowest BCUT2D eigenvalue weighted by Crippen LogP contribution is -2.51. The second-order valence-electron chi connectivity index (χ2n) is 5.29. The van der Waals surface area contributed by atoms with Gasteiger partial charge in [-0.3, -0.25) is 4.79 Å². The van der Waals surface area contributed by atoms with Crippen LogP contribution in [0.25, 0.3) is 0 Å². The fraction of sp³-hybridized carbons (Fsp3) is 0.846. The summed E-state index contributed by atoms with van der Waals surface area (Å²) in [6, 6.07) is 0.0827. The summed E-state index contributed by atoms with van der Waals surface area (Å²) >= 11 is 0. The van der Waals surface area contributed by atoms with Crippen LogP contribution < -0.4 is 5.32 Å². The second-order valence-corrected chi connectivity index (χ2v) is 5.29. The molecule has 0 aliphatic heterocycles. The largest absolute Gasteiger partial charge is 0.481 e. The predicted octanol–water partition coefficient (Wildman–Crippen LogP) is 2.46. The van der Waals surface area contributed by atoms with Crippen LogP contribution in [0.1, 0.15) is 53.4 Å². The summed E-state index contributed by atoms with van der Waals surface area (Å²) in [5, 5.41) is 11.5. The molecule has 0 aromatic carbocycles. The van der Waals surface area contributed by atoms with Crippen LogP contribution in [0.2, 0.25) is 0 Å². The molecule has 2 N–H and O–H groups in total. The third-order valence-electron chi connectivity index (χ3n) is 3.22. The van der Waals surface area contributed by atoms with Crippen molar-refractivity contribution in [3.8, 4) is 0 Å². The lowest BCUT2D eigenvalue weighted by molar-refractivity contribution is -0.137. The van der Waals surface area contributed by atoms with E-state index in [0.29, 0.717) is 6.42 Å². The average Bonchev–Trinajstić information content (AvgIpc) is 2.27. The Labute approximate surface area is 110 Å². The molecule has 106 valence electrons. The Morgan fingerprint density at radius 2 is 1.78 bits per heavy atom. The molecule has 0 spiro atoms. The molecule has 0 saturated carbocycles. The quantitative estimate of drug-likeness (QED) is 0.737. The maximum Gasteiger partial charge on any atom is 0.317 e. The van der Waals surface area contributed by atoms with E-state index in [2.05, 4.69) is 5.32 Å². The summed E-state index contributed by atoms with van der Waals surface area (Å²) in [6.07, 6.45) is 2.30. The number of aliphatic carboxylic acids is 1. The number of hydrogen-bond donors (Lipinski definition) is 2. The number of amides is 2. The van der Waals surface area contributed by atoms with Crippen LogP contribution >= 0.6 is 0 Å². The van der Waals surface area contributed by atoms with Crippen LogP contribution in [0.4, 0.5) is 4.79 Å². The highest BCUT2D eigenvalue weighted by atomic mass is 16.4. The van der Waals surface area contributed by atoms with E-state index in [-0.39, 0.29) is 18.5 Å². The highest BCUT2D eigenvalue weighted by Gasteiger charge is 2.25. The zero-order valence-corrected chi connectivity index (χ0v) is 12.1. The normalized spacial score (nSPS) is 11.4. The van der Waals surface area contributed by atoms with Gasteiger partial charge in [-0.1, -0.05) is 13.8 Å². The molecule has 18 heavy (non-hydrogen) atoms. The Hall–Kier alpha value is -1.26. The number of rotatable bonds is 7. The van der Waals surface area contributed by atoms with Gasteiger partial charge >= 0.3 is 12.0 Å². The monoisotopic (exact) mass is 258 g/mol. The van der Waals surface area contributed by atoms with Crippen LogP contribution in [0, 0.1) is 0 Å². The summed E-state index contributed by atoms with van der Waals surface area (Å²) in [7, 11) is 1.78. The molecule has 0 unspecified atom stereocenters. The molecule has 0 saturated heterocycles. The first kappa shape index (κ1) is 16.7. The van der Waals surface area contributed by atoms with Crippen molar-refractivity contribution in [1.29, 1.82) is 0 Å². The smallest absolute Gasteiger partial charge is 0.317 e. The molecule has 5 nitrogen and oxygen atoms in total. The number of hydrogen-bond acceptors (Lipinski definition) is 2. The van der Waals surface area contributed by atoms with Gasteiger partial charge in [0.1, 0.15) is 0 Å². The predicted molar refractivity (Wildman–Crippen MR) is 71.6 cm³/mol. The first-order valence-corrected chi connectivity index (χ1v) is 6.50. The van der Waals surface area contributed by atoms with Gasteiger partial charge in [-0.15, -0.1) is 0 Å². The summed E-state index contributed by atoms with van der Waals surface area (Å²) in [5.41, 5.74) is -0.504. The van der Waals surface area contributed by atoms with Gasteiger partial charge in [-0.2, -0.15) is 0 Å². The molecule has 2 amide bonds. The maximum atomic E-state index is 12.0. The Morgan fingerprint density at radius 3 is 2.17 bits per heavy atom. The molecule has 5 heteroatoms. The number of nitrogens with zero attached hydrogens (tertiary/aromatic N) is 1. The highest BCUT2D eigenvalue weighted by molar-refractivity contribution is 5.75. The molecular formula is C13H26N2O3. The molecule has 0 rings (SSSR count). The van der Waals surface area contributed by atoms with Crippen molar-refractivity contribution in [1.82, 2.24) is 10.2 Å². The van der Waals surface area contributed by atoms with E-state index in [1.807, 2.05) is 27.7 Å². The van der Waals surface area contributed by atoms with Gasteiger partial charge in [0, 0.05) is 25.0 Å². The number of carboxylic acid groups (broad SMARTS) is 1. The summed E-state index contributed by atoms with van der Waals surface area (Å²) in [4.78, 5) is 24.3. The average molecular weight is 258 g/mol. The van der Waals surface area contributed by atoms with E-state index < -0.39 is 11.5 Å². The lowest BCUT2D eigenvalue weighted by atomic mass is 9.98. The molecule has 0 aromatic heterocycles. The van der Waals surface area contributed by atoms with E-state index in [9.17, 15) is 9.59 Å². The summed E-state index contributed by atoms with van der Waals surface area (Å²) < 4.78 is 0. The fourth-order valence-electron chi connectivity index (χ4n) is 1.86. The Kier molecular flexibility index (Phi) is 6.73. The van der Waals surface area contributed by atoms with Crippen molar-refractivity contribution in [2.45, 2.75) is 65.0 Å². The van der Waals surface area contributed by atoms with E-state index in [1.54, 1.807) is 11.9 Å². The topological polar surface area (TPSA) is 69.6 Å². The lowest BCUT2D eigenvalue weighted by Gasteiger charge is -2.32. The van der Waals surface area contributed by atoms with Gasteiger partial charge in [0.25, 0.3) is 0 Å². The summed E-state index contributed by atoms with van der Waals surface area (Å²) in [6.45, 7) is 7.78. The first-order chi connectivity index (χ1) is 8.23. The Balaban J connectivity index is 4.40. The van der Waals surface area contributed by atoms with Gasteiger partial charge in [-0.25, -0.2) is 4.79 Å². The zero-order chi connectivity index (χ0) is 14.3. The highest BCUT2D eigenvalue weighted by Crippen LogP contribution is 2.13. The van der Waals surface area contributed by atoms with Crippen LogP contribution in [0.15, 0.2) is 0 Å². The van der Waals surface area contributed by atoms with Crippen molar-refractivity contribution in [2.75, 3.05) is 7.05 Å². The molecular weight excluding hydrogens is 232 g/mol. The number of carboxylic acids is 1. The van der Waals surface area contributed by atoms with E-state index in [0.717, 1.165) is 12.8 Å². The van der Waals surface area contributed by atoms with E-state index in [4.69, 9.17) is 5.11 Å². The molecule has 0 fully saturated rings. The SMILES string of the molecule is CCC(CC)N(C)C(=O)NC(C)(C)CCC(=O)O. The second kappa shape index (κ2) is 7.24. The molecule has 0 heterocycles. The van der Waals surface area contributed by atoms with Gasteiger partial charge in [0.2, 0.25) is 0 Å². The van der Waals surface area contributed by atoms with Crippen LogP contribution in [-0.4, -0.2) is 40.6 Å². The van der Waals surface area contributed by atoms with Crippen LogP contribution in [0.5, 0.6) is 0 Å². The Bertz CT molecular complexity index is 286. The number of urea groups is 1. The van der Waals surface area contributed by atoms with Crippen molar-refractivity contribution in [2.24, 2.45) is 0 Å². The van der Waals surface area contributed by atoms with Crippen molar-refractivity contribution in [3.63, 3.8) is 0 Å². The zero-order valence-electron chi connectivity index (χ0n) is 12.1. The van der Waals surface area contributed by atoms with Gasteiger partial charge in [-0.05, 0) is 33.1 Å². The van der Waals surface area contributed by atoms with Crippen LogP contribution in [-0.2, 0) is 4.79 Å². The standard InChI is InChI=1S/C13H26N2O3/c1-6-10(7-2)15(5)12(18)14-13(3,4)9-8-11(16)17/h10H,6-9H2,1-5H3,(H,14,18)(H,16,17). The molecule has 0 aliphatic rings. The molecule has 0 atom stereocenters. The van der Waals surface area contributed by atoms with Gasteiger partial charge in [0.05, 0.1) is 0 Å². The van der Waals surface area contributed by atoms with E-state index in [1.165, 1.54) is 0 Å². The van der Waals surface area contributed by atoms with Crippen molar-refractivity contribution < 1.29 is 14.7 Å². The summed E-state index contributed by atoms with van der Waals surface area (Å²) in [5.74, 6) is -0.842. The van der Waals surface area contributed by atoms with E-state index >= 15 is 0 Å².